The highest BCUT2D eigenvalue weighted by atomic mass is 16.6. The summed E-state index contributed by atoms with van der Waals surface area (Å²) in [4.78, 5) is 9.75. The van der Waals surface area contributed by atoms with Gasteiger partial charge in [0, 0.05) is 17.4 Å². The topological polar surface area (TPSA) is 52.4 Å². The zero-order valence-corrected chi connectivity index (χ0v) is 5.78. The Morgan fingerprint density at radius 3 is 3.00 bits per heavy atom. The third kappa shape index (κ3) is 2.31. The van der Waals surface area contributed by atoms with Crippen LogP contribution in [0.2, 0.25) is 0 Å². The van der Waals surface area contributed by atoms with Crippen LogP contribution in [0.1, 0.15) is 12.8 Å². The van der Waals surface area contributed by atoms with Crippen LogP contribution in [0.25, 0.3) is 0 Å². The molecule has 1 heterocycles. The van der Waals surface area contributed by atoms with Crippen LogP contribution in [-0.2, 0) is 4.74 Å². The molecule has 10 heavy (non-hydrogen) atoms. The highest BCUT2D eigenvalue weighted by Crippen LogP contribution is 2.12. The van der Waals surface area contributed by atoms with Gasteiger partial charge >= 0.3 is 0 Å². The standard InChI is InChI=1S/C6H11NO3/c8-7(9)4-6-2-1-3-10-5-6/h6H,1-5H2. The van der Waals surface area contributed by atoms with Crippen molar-refractivity contribution in [3.8, 4) is 0 Å². The lowest BCUT2D eigenvalue weighted by molar-refractivity contribution is -0.490. The fourth-order valence-electron chi connectivity index (χ4n) is 1.16. The number of hydrogen-bond donors (Lipinski definition) is 0. The highest BCUT2D eigenvalue weighted by molar-refractivity contribution is 4.60. The van der Waals surface area contributed by atoms with Gasteiger partial charge in [-0.2, -0.15) is 0 Å². The second-order valence-electron chi connectivity index (χ2n) is 2.60. The average molecular weight is 145 g/mol. The first kappa shape index (κ1) is 7.47. The number of nitro groups is 1. The van der Waals surface area contributed by atoms with Crippen molar-refractivity contribution in [2.24, 2.45) is 5.92 Å². The molecule has 0 aromatic rings. The first-order valence-corrected chi connectivity index (χ1v) is 3.48. The van der Waals surface area contributed by atoms with Crippen LogP contribution in [0.3, 0.4) is 0 Å². The van der Waals surface area contributed by atoms with Crippen LogP contribution in [0.15, 0.2) is 0 Å². The summed E-state index contributed by atoms with van der Waals surface area (Å²) in [5.74, 6) is 0.156. The third-order valence-corrected chi connectivity index (χ3v) is 1.66. The first-order valence-electron chi connectivity index (χ1n) is 3.48. The van der Waals surface area contributed by atoms with Crippen LogP contribution in [0, 0.1) is 16.0 Å². The Labute approximate surface area is 59.3 Å². The molecule has 1 unspecified atom stereocenters. The maximum Gasteiger partial charge on any atom is 0.208 e. The van der Waals surface area contributed by atoms with Crippen molar-refractivity contribution < 1.29 is 9.66 Å². The Morgan fingerprint density at radius 1 is 1.70 bits per heavy atom. The Morgan fingerprint density at radius 2 is 2.50 bits per heavy atom. The summed E-state index contributed by atoms with van der Waals surface area (Å²) in [5, 5.41) is 10.0. The van der Waals surface area contributed by atoms with Gasteiger partial charge in [0.1, 0.15) is 0 Å². The molecule has 0 aromatic heterocycles. The first-order chi connectivity index (χ1) is 4.79. The Kier molecular flexibility index (Phi) is 2.62. The molecule has 1 aliphatic heterocycles. The van der Waals surface area contributed by atoms with Gasteiger partial charge in [-0.15, -0.1) is 0 Å². The second kappa shape index (κ2) is 3.51. The number of nitrogens with zero attached hydrogens (tertiary/aromatic N) is 1. The van der Waals surface area contributed by atoms with Crippen molar-refractivity contribution in [3.05, 3.63) is 10.1 Å². The summed E-state index contributed by atoms with van der Waals surface area (Å²) in [5.41, 5.74) is 0. The van der Waals surface area contributed by atoms with E-state index in [4.69, 9.17) is 4.74 Å². The summed E-state index contributed by atoms with van der Waals surface area (Å²) >= 11 is 0. The summed E-state index contributed by atoms with van der Waals surface area (Å²) in [6, 6.07) is 0. The summed E-state index contributed by atoms with van der Waals surface area (Å²) in [7, 11) is 0. The molecule has 0 saturated carbocycles. The molecule has 4 nitrogen and oxygen atoms in total. The minimum absolute atomic E-state index is 0.0694. The van der Waals surface area contributed by atoms with Crippen LogP contribution < -0.4 is 0 Å². The van der Waals surface area contributed by atoms with E-state index in [0.717, 1.165) is 19.4 Å². The van der Waals surface area contributed by atoms with Gasteiger partial charge in [-0.3, -0.25) is 10.1 Å². The van der Waals surface area contributed by atoms with Crippen molar-refractivity contribution in [2.45, 2.75) is 12.8 Å². The summed E-state index contributed by atoms with van der Waals surface area (Å²) in [6.07, 6.45) is 1.92. The molecular formula is C6H11NO3. The van der Waals surface area contributed by atoms with E-state index >= 15 is 0 Å². The Balaban J connectivity index is 2.19. The largest absolute Gasteiger partial charge is 0.381 e. The van der Waals surface area contributed by atoms with E-state index in [1.165, 1.54) is 0 Å². The Bertz CT molecular complexity index is 120. The van der Waals surface area contributed by atoms with E-state index in [0.29, 0.717) is 6.61 Å². The monoisotopic (exact) mass is 145 g/mol. The van der Waals surface area contributed by atoms with Crippen LogP contribution in [0.5, 0.6) is 0 Å². The Hall–Kier alpha value is -0.640. The quantitative estimate of drug-likeness (QED) is 0.424. The van der Waals surface area contributed by atoms with Crippen molar-refractivity contribution in [1.82, 2.24) is 0 Å². The normalized spacial score (nSPS) is 26.2. The van der Waals surface area contributed by atoms with Crippen LogP contribution in [-0.4, -0.2) is 24.7 Å². The average Bonchev–Trinajstić information content (AvgIpc) is 1.88. The predicted molar refractivity (Wildman–Crippen MR) is 35.4 cm³/mol. The molecule has 58 valence electrons. The summed E-state index contributed by atoms with van der Waals surface area (Å²) < 4.78 is 5.08. The molecule has 0 aliphatic carbocycles. The van der Waals surface area contributed by atoms with E-state index in [2.05, 4.69) is 0 Å². The molecule has 0 N–H and O–H groups in total. The zero-order chi connectivity index (χ0) is 7.40. The van der Waals surface area contributed by atoms with E-state index < -0.39 is 0 Å². The molecule has 1 fully saturated rings. The van der Waals surface area contributed by atoms with Gasteiger partial charge in [0.15, 0.2) is 0 Å². The van der Waals surface area contributed by atoms with Gasteiger partial charge in [-0.25, -0.2) is 0 Å². The number of rotatable bonds is 2. The van der Waals surface area contributed by atoms with Crippen LogP contribution in [0.4, 0.5) is 0 Å². The maximum absolute atomic E-state index is 10.0. The molecule has 4 heteroatoms. The lowest BCUT2D eigenvalue weighted by atomic mass is 10.0. The minimum atomic E-state index is -0.265. The predicted octanol–water partition coefficient (Wildman–Crippen LogP) is 0.690. The fraction of sp³-hybridized carbons (Fsp3) is 1.00. The van der Waals surface area contributed by atoms with Crippen molar-refractivity contribution in [3.63, 3.8) is 0 Å². The molecule has 0 bridgehead atoms. The number of ether oxygens (including phenoxy) is 1. The lowest BCUT2D eigenvalue weighted by Gasteiger charge is -2.17. The highest BCUT2D eigenvalue weighted by Gasteiger charge is 2.18. The molecule has 0 aromatic carbocycles. The molecule has 0 radical (unpaired) electrons. The van der Waals surface area contributed by atoms with Crippen LogP contribution >= 0.6 is 0 Å². The van der Waals surface area contributed by atoms with Gasteiger partial charge in [-0.1, -0.05) is 0 Å². The minimum Gasteiger partial charge on any atom is -0.381 e. The van der Waals surface area contributed by atoms with Crippen molar-refractivity contribution in [1.29, 1.82) is 0 Å². The molecular weight excluding hydrogens is 134 g/mol. The zero-order valence-electron chi connectivity index (χ0n) is 5.78. The van der Waals surface area contributed by atoms with E-state index in [-0.39, 0.29) is 17.4 Å². The SMILES string of the molecule is O=[N+]([O-])CC1CCCOC1. The summed E-state index contributed by atoms with van der Waals surface area (Å²) in [6.45, 7) is 1.41. The maximum atomic E-state index is 10.0. The third-order valence-electron chi connectivity index (χ3n) is 1.66. The van der Waals surface area contributed by atoms with E-state index in [1.54, 1.807) is 0 Å². The second-order valence-corrected chi connectivity index (χ2v) is 2.60. The van der Waals surface area contributed by atoms with Gasteiger partial charge in [0.2, 0.25) is 6.54 Å². The van der Waals surface area contributed by atoms with Crippen molar-refractivity contribution >= 4 is 0 Å². The molecule has 1 saturated heterocycles. The molecule has 0 spiro atoms. The molecule has 1 aliphatic rings. The lowest BCUT2D eigenvalue weighted by Crippen LogP contribution is -2.24. The number of hydrogen-bond acceptors (Lipinski definition) is 3. The van der Waals surface area contributed by atoms with E-state index in [1.807, 2.05) is 0 Å². The molecule has 1 rings (SSSR count). The van der Waals surface area contributed by atoms with Gasteiger partial charge in [-0.05, 0) is 12.8 Å². The van der Waals surface area contributed by atoms with Gasteiger partial charge in [0.05, 0.1) is 6.61 Å². The molecule has 0 amide bonds. The molecule has 1 atom stereocenters. The van der Waals surface area contributed by atoms with Gasteiger partial charge in [0.25, 0.3) is 0 Å². The van der Waals surface area contributed by atoms with E-state index in [9.17, 15) is 10.1 Å². The van der Waals surface area contributed by atoms with Crippen molar-refractivity contribution in [2.75, 3.05) is 19.8 Å². The van der Waals surface area contributed by atoms with Gasteiger partial charge < -0.3 is 4.74 Å². The fourth-order valence-corrected chi connectivity index (χ4v) is 1.16. The smallest absolute Gasteiger partial charge is 0.208 e.